The summed E-state index contributed by atoms with van der Waals surface area (Å²) in [6, 6.07) is 15.3. The molecule has 0 atom stereocenters. The standard InChI is InChI=1S/C22H25NO3/c1-4-23(5-2)13-14-25-18-11-12-19-16(3)21(17-9-7-6-8-10-17)22(24)26-20(19)15-18/h6-12,15H,4-5,13-14H2,1-3H3. The van der Waals surface area contributed by atoms with E-state index in [1.807, 2.05) is 49.4 Å². The fourth-order valence-electron chi connectivity index (χ4n) is 3.20. The number of hydrogen-bond donors (Lipinski definition) is 0. The molecule has 0 amide bonds. The highest BCUT2D eigenvalue weighted by Gasteiger charge is 2.13. The van der Waals surface area contributed by atoms with Gasteiger partial charge in [0.2, 0.25) is 0 Å². The molecule has 4 nitrogen and oxygen atoms in total. The van der Waals surface area contributed by atoms with Crippen LogP contribution in [0.5, 0.6) is 5.75 Å². The van der Waals surface area contributed by atoms with Crippen LogP contribution < -0.4 is 10.4 Å². The highest BCUT2D eigenvalue weighted by molar-refractivity contribution is 5.87. The van der Waals surface area contributed by atoms with Gasteiger partial charge >= 0.3 is 5.63 Å². The van der Waals surface area contributed by atoms with Crippen LogP contribution in [0.1, 0.15) is 19.4 Å². The molecule has 0 aliphatic heterocycles. The maximum absolute atomic E-state index is 12.5. The summed E-state index contributed by atoms with van der Waals surface area (Å²) in [7, 11) is 0. The van der Waals surface area contributed by atoms with Crippen LogP contribution in [0.15, 0.2) is 57.7 Å². The molecule has 2 aromatic carbocycles. The third-order valence-corrected chi connectivity index (χ3v) is 4.77. The lowest BCUT2D eigenvalue weighted by Gasteiger charge is -2.18. The first-order valence-electron chi connectivity index (χ1n) is 9.12. The lowest BCUT2D eigenvalue weighted by atomic mass is 10.00. The topological polar surface area (TPSA) is 42.7 Å². The van der Waals surface area contributed by atoms with E-state index in [0.29, 0.717) is 17.8 Å². The van der Waals surface area contributed by atoms with Crippen molar-refractivity contribution in [2.45, 2.75) is 20.8 Å². The Bertz CT molecular complexity index is 927. The fourth-order valence-corrected chi connectivity index (χ4v) is 3.20. The lowest BCUT2D eigenvalue weighted by molar-refractivity contribution is 0.223. The van der Waals surface area contributed by atoms with Crippen molar-refractivity contribution >= 4 is 11.0 Å². The number of hydrogen-bond acceptors (Lipinski definition) is 4. The summed E-state index contributed by atoms with van der Waals surface area (Å²) in [5.41, 5.74) is 2.67. The molecule has 0 radical (unpaired) electrons. The molecule has 0 saturated carbocycles. The predicted molar refractivity (Wildman–Crippen MR) is 106 cm³/mol. The number of nitrogens with zero attached hydrogens (tertiary/aromatic N) is 1. The summed E-state index contributed by atoms with van der Waals surface area (Å²) in [5.74, 6) is 0.722. The summed E-state index contributed by atoms with van der Waals surface area (Å²) in [4.78, 5) is 14.8. The monoisotopic (exact) mass is 351 g/mol. The molecule has 136 valence electrons. The van der Waals surface area contributed by atoms with Crippen LogP contribution >= 0.6 is 0 Å². The van der Waals surface area contributed by atoms with Crippen molar-refractivity contribution < 1.29 is 9.15 Å². The van der Waals surface area contributed by atoms with Gasteiger partial charge in [0.05, 0.1) is 5.56 Å². The first-order chi connectivity index (χ1) is 12.6. The minimum absolute atomic E-state index is 0.318. The molecule has 0 unspecified atom stereocenters. The number of aryl methyl sites for hydroxylation is 1. The van der Waals surface area contributed by atoms with Crippen molar-refractivity contribution in [1.29, 1.82) is 0 Å². The Morgan fingerprint density at radius 3 is 2.46 bits per heavy atom. The quantitative estimate of drug-likeness (QED) is 0.588. The van der Waals surface area contributed by atoms with Gasteiger partial charge in [-0.1, -0.05) is 44.2 Å². The molecule has 0 aliphatic carbocycles. The van der Waals surface area contributed by atoms with Gasteiger partial charge in [0.1, 0.15) is 17.9 Å². The highest BCUT2D eigenvalue weighted by atomic mass is 16.5. The van der Waals surface area contributed by atoms with E-state index in [1.54, 1.807) is 6.07 Å². The molecule has 3 aromatic rings. The number of likely N-dealkylation sites (N-methyl/N-ethyl adjacent to an activating group) is 1. The van der Waals surface area contributed by atoms with Gasteiger partial charge in [-0.25, -0.2) is 4.79 Å². The van der Waals surface area contributed by atoms with E-state index >= 15 is 0 Å². The van der Waals surface area contributed by atoms with Crippen molar-refractivity contribution in [2.75, 3.05) is 26.2 Å². The Morgan fingerprint density at radius 1 is 1.04 bits per heavy atom. The zero-order valence-corrected chi connectivity index (χ0v) is 15.6. The van der Waals surface area contributed by atoms with Gasteiger partial charge in [-0.05, 0) is 43.3 Å². The normalized spacial score (nSPS) is 11.2. The minimum Gasteiger partial charge on any atom is -0.492 e. The van der Waals surface area contributed by atoms with Crippen LogP contribution in [0.3, 0.4) is 0 Å². The molecule has 0 fully saturated rings. The molecule has 26 heavy (non-hydrogen) atoms. The molecule has 0 saturated heterocycles. The lowest BCUT2D eigenvalue weighted by Crippen LogP contribution is -2.27. The van der Waals surface area contributed by atoms with Crippen molar-refractivity contribution in [3.8, 4) is 16.9 Å². The summed E-state index contributed by atoms with van der Waals surface area (Å²) in [6.07, 6.45) is 0. The molecule has 0 aliphatic rings. The maximum Gasteiger partial charge on any atom is 0.344 e. The third kappa shape index (κ3) is 3.81. The SMILES string of the molecule is CCN(CC)CCOc1ccc2c(C)c(-c3ccccc3)c(=O)oc2c1. The van der Waals surface area contributed by atoms with Crippen molar-refractivity contribution in [2.24, 2.45) is 0 Å². The minimum atomic E-state index is -0.318. The van der Waals surface area contributed by atoms with Gasteiger partial charge in [0.15, 0.2) is 0 Å². The number of rotatable bonds is 7. The van der Waals surface area contributed by atoms with Crippen LogP contribution in [0.2, 0.25) is 0 Å². The average molecular weight is 351 g/mol. The number of fused-ring (bicyclic) bond motifs is 1. The van der Waals surface area contributed by atoms with E-state index < -0.39 is 0 Å². The second-order valence-electron chi connectivity index (χ2n) is 6.29. The van der Waals surface area contributed by atoms with Gasteiger partial charge in [-0.3, -0.25) is 0 Å². The molecular weight excluding hydrogens is 326 g/mol. The van der Waals surface area contributed by atoms with Crippen molar-refractivity contribution in [3.63, 3.8) is 0 Å². The van der Waals surface area contributed by atoms with Crippen LogP contribution in [0, 0.1) is 6.92 Å². The van der Waals surface area contributed by atoms with Gasteiger partial charge in [0.25, 0.3) is 0 Å². The predicted octanol–water partition coefficient (Wildman–Crippen LogP) is 4.49. The zero-order valence-electron chi connectivity index (χ0n) is 15.6. The smallest absolute Gasteiger partial charge is 0.344 e. The molecule has 1 heterocycles. The first-order valence-corrected chi connectivity index (χ1v) is 9.12. The average Bonchev–Trinajstić information content (AvgIpc) is 2.66. The summed E-state index contributed by atoms with van der Waals surface area (Å²) in [6.45, 7) is 9.74. The van der Waals surface area contributed by atoms with Crippen LogP contribution in [-0.2, 0) is 0 Å². The summed E-state index contributed by atoms with van der Waals surface area (Å²) >= 11 is 0. The maximum atomic E-state index is 12.5. The summed E-state index contributed by atoms with van der Waals surface area (Å²) < 4.78 is 11.4. The molecule has 0 N–H and O–H groups in total. The Morgan fingerprint density at radius 2 is 1.77 bits per heavy atom. The van der Waals surface area contributed by atoms with Crippen LogP contribution in [0.25, 0.3) is 22.1 Å². The van der Waals surface area contributed by atoms with Crippen LogP contribution in [0.4, 0.5) is 0 Å². The number of benzene rings is 2. The molecule has 0 spiro atoms. The molecule has 0 bridgehead atoms. The number of ether oxygens (including phenoxy) is 1. The molecular formula is C22H25NO3. The van der Waals surface area contributed by atoms with Gasteiger partial charge in [0, 0.05) is 18.0 Å². The zero-order chi connectivity index (χ0) is 18.5. The highest BCUT2D eigenvalue weighted by Crippen LogP contribution is 2.28. The summed E-state index contributed by atoms with van der Waals surface area (Å²) in [5, 5.41) is 0.930. The van der Waals surface area contributed by atoms with E-state index in [2.05, 4.69) is 18.7 Å². The molecule has 1 aromatic heterocycles. The van der Waals surface area contributed by atoms with Gasteiger partial charge < -0.3 is 14.1 Å². The van der Waals surface area contributed by atoms with Crippen molar-refractivity contribution in [1.82, 2.24) is 4.90 Å². The third-order valence-electron chi connectivity index (χ3n) is 4.77. The Kier molecular flexibility index (Phi) is 5.74. The van der Waals surface area contributed by atoms with E-state index in [4.69, 9.17) is 9.15 Å². The van der Waals surface area contributed by atoms with E-state index in [-0.39, 0.29) is 5.63 Å². The first kappa shape index (κ1) is 18.2. The van der Waals surface area contributed by atoms with Crippen molar-refractivity contribution in [3.05, 3.63) is 64.5 Å². The van der Waals surface area contributed by atoms with Crippen LogP contribution in [-0.4, -0.2) is 31.1 Å². The van der Waals surface area contributed by atoms with E-state index in [9.17, 15) is 4.79 Å². The second-order valence-corrected chi connectivity index (χ2v) is 6.29. The molecule has 4 heteroatoms. The van der Waals surface area contributed by atoms with Gasteiger partial charge in [-0.2, -0.15) is 0 Å². The Balaban J connectivity index is 1.89. The molecule has 3 rings (SSSR count). The Labute approximate surface area is 154 Å². The Hall–Kier alpha value is -2.59. The largest absolute Gasteiger partial charge is 0.492 e. The van der Waals surface area contributed by atoms with E-state index in [0.717, 1.165) is 41.9 Å². The van der Waals surface area contributed by atoms with E-state index in [1.165, 1.54) is 0 Å². The fraction of sp³-hybridized carbons (Fsp3) is 0.318. The second kappa shape index (κ2) is 8.19. The van der Waals surface area contributed by atoms with Gasteiger partial charge in [-0.15, -0.1) is 0 Å².